The summed E-state index contributed by atoms with van der Waals surface area (Å²) in [5, 5.41) is 0. The van der Waals surface area contributed by atoms with E-state index in [-0.39, 0.29) is 32.5 Å². The van der Waals surface area contributed by atoms with Crippen molar-refractivity contribution in [3.8, 4) is 44.5 Å². The van der Waals surface area contributed by atoms with Gasteiger partial charge in [0.1, 0.15) is 0 Å². The van der Waals surface area contributed by atoms with E-state index in [1.165, 1.54) is 77.9 Å². The van der Waals surface area contributed by atoms with Gasteiger partial charge >= 0.3 is 438 Å². The zero-order valence-electron chi connectivity index (χ0n) is 46.9. The average molecular weight is 1020 g/mol. The van der Waals surface area contributed by atoms with Gasteiger partial charge in [0.25, 0.3) is 0 Å². The van der Waals surface area contributed by atoms with Gasteiger partial charge in [0.2, 0.25) is 0 Å². The summed E-state index contributed by atoms with van der Waals surface area (Å²) < 4.78 is 0.838. The molecule has 0 bridgehead atoms. The van der Waals surface area contributed by atoms with E-state index in [4.69, 9.17) is 0 Å². The van der Waals surface area contributed by atoms with Gasteiger partial charge < -0.3 is 0 Å². The predicted molar refractivity (Wildman–Crippen MR) is 309 cm³/mol. The Kier molecular flexibility index (Phi) is 13.8. The zero-order chi connectivity index (χ0) is 51.3. The SMILES string of the molecule is C[SiH](C)[Zr]([CH]1C(C(C)(C)C)=Cc2c(-c3ccc(C(C)(C)C)cc3)ccc(-c3ccc(C(C)(C)C)cc3)c21)[CH]1C(C(C)(C)C)=Cc2c(-c3ccc(C(C)(C)C)cc3)ccc(-c3ccc(C(C)(C)C)cc3)c21. The predicted octanol–water partition coefficient (Wildman–Crippen LogP) is 19.8. The Morgan fingerprint density at radius 1 is 0.300 bits per heavy atom. The fourth-order valence-electron chi connectivity index (χ4n) is 11.4. The molecule has 2 unspecified atom stereocenters. The Morgan fingerprint density at radius 3 is 0.743 bits per heavy atom. The molecule has 365 valence electrons. The van der Waals surface area contributed by atoms with Crippen molar-refractivity contribution >= 4 is 18.1 Å². The molecule has 0 nitrogen and oxygen atoms in total. The third-order valence-corrected chi connectivity index (χ3v) is 37.0. The van der Waals surface area contributed by atoms with E-state index < -0.39 is 26.8 Å². The molecule has 2 aliphatic rings. The third-order valence-electron chi connectivity index (χ3n) is 15.7. The van der Waals surface area contributed by atoms with E-state index in [0.717, 1.165) is 0 Å². The van der Waals surface area contributed by atoms with Gasteiger partial charge in [-0.25, -0.2) is 0 Å². The average Bonchev–Trinajstić information content (AvgIpc) is 3.86. The molecule has 0 heterocycles. The minimum absolute atomic E-state index is 0.0190. The molecule has 0 saturated carbocycles. The summed E-state index contributed by atoms with van der Waals surface area (Å²) in [6.45, 7) is 48.5. The fraction of sp³-hybridized carbons (Fsp3) is 0.412. The van der Waals surface area contributed by atoms with Crippen LogP contribution >= 0.6 is 0 Å². The van der Waals surface area contributed by atoms with Gasteiger partial charge in [0.15, 0.2) is 0 Å². The summed E-state index contributed by atoms with van der Waals surface area (Å²) >= 11 is -2.80. The zero-order valence-corrected chi connectivity index (χ0v) is 50.5. The molecule has 0 fully saturated rings. The molecule has 6 aromatic carbocycles. The van der Waals surface area contributed by atoms with Crippen molar-refractivity contribution in [1.29, 1.82) is 0 Å². The first-order valence-corrected chi connectivity index (χ1v) is 36.4. The fourth-order valence-corrected chi connectivity index (χ4v) is 35.0. The number of rotatable bonds is 7. The summed E-state index contributed by atoms with van der Waals surface area (Å²) in [5.74, 6) is -1.34. The summed E-state index contributed by atoms with van der Waals surface area (Å²) in [5.41, 5.74) is 26.3. The first kappa shape index (κ1) is 52.2. The van der Waals surface area contributed by atoms with Crippen LogP contribution in [0.4, 0.5) is 0 Å². The van der Waals surface area contributed by atoms with Crippen molar-refractivity contribution in [2.75, 3.05) is 0 Å². The molecule has 2 heteroatoms. The molecular formula is C68H85SiZr. The topological polar surface area (TPSA) is 0 Å². The van der Waals surface area contributed by atoms with Crippen LogP contribution in [0.25, 0.3) is 56.7 Å². The van der Waals surface area contributed by atoms with Crippen molar-refractivity contribution in [2.24, 2.45) is 10.8 Å². The van der Waals surface area contributed by atoms with Crippen molar-refractivity contribution in [3.63, 3.8) is 0 Å². The van der Waals surface area contributed by atoms with Crippen LogP contribution in [-0.4, -0.2) is 5.92 Å². The van der Waals surface area contributed by atoms with Crippen molar-refractivity contribution in [3.05, 3.63) is 177 Å². The van der Waals surface area contributed by atoms with E-state index in [1.54, 1.807) is 22.3 Å². The first-order valence-electron chi connectivity index (χ1n) is 26.4. The van der Waals surface area contributed by atoms with Crippen LogP contribution in [0.1, 0.15) is 176 Å². The molecule has 0 aromatic heterocycles. The van der Waals surface area contributed by atoms with Crippen LogP contribution in [0.15, 0.2) is 132 Å². The van der Waals surface area contributed by atoms with E-state index in [0.29, 0.717) is 7.25 Å². The molecule has 8 rings (SSSR count). The molecule has 70 heavy (non-hydrogen) atoms. The second-order valence-electron chi connectivity index (χ2n) is 27.5. The summed E-state index contributed by atoms with van der Waals surface area (Å²) in [6, 6.07) is 48.5. The Balaban J connectivity index is 1.44. The summed E-state index contributed by atoms with van der Waals surface area (Å²) in [4.78, 5) is 0. The van der Waals surface area contributed by atoms with Crippen molar-refractivity contribution in [2.45, 2.75) is 167 Å². The number of fused-ring (bicyclic) bond motifs is 2. The third kappa shape index (κ3) is 10.1. The Hall–Kier alpha value is -4.10. The van der Waals surface area contributed by atoms with E-state index in [9.17, 15) is 0 Å². The maximum absolute atomic E-state index is 2.80. The van der Waals surface area contributed by atoms with Crippen LogP contribution in [0.5, 0.6) is 0 Å². The van der Waals surface area contributed by atoms with Crippen LogP contribution in [-0.2, 0) is 42.6 Å². The standard InChI is InChI=1S/2C33H39.C2H7Si.Zr/c2*1-31(2,3)24-14-10-22(11-15-24)27-18-19-28(23-12-16-25(17-13-23)32(4,5)6)30-21-26(20-29(27)30)33(7,8)9;1-3-2;/h2*10-21H,1-9H3;3H,1-2H3;. The number of allylic oxidation sites excluding steroid dienone is 2. The van der Waals surface area contributed by atoms with Crippen LogP contribution in [0.2, 0.25) is 13.1 Å². The van der Waals surface area contributed by atoms with Gasteiger partial charge in [-0.15, -0.1) is 0 Å². The Labute approximate surface area is 434 Å². The summed E-state index contributed by atoms with van der Waals surface area (Å²) in [6.07, 6.45) is 5.46. The molecule has 0 saturated heterocycles. The molecule has 2 aliphatic carbocycles. The second kappa shape index (κ2) is 18.4. The van der Waals surface area contributed by atoms with Crippen LogP contribution < -0.4 is 0 Å². The minimum atomic E-state index is -2.80. The van der Waals surface area contributed by atoms with E-state index in [2.05, 4.69) is 271 Å². The molecular weight excluding hydrogens is 936 g/mol. The van der Waals surface area contributed by atoms with E-state index >= 15 is 0 Å². The molecule has 6 aromatic rings. The van der Waals surface area contributed by atoms with Crippen molar-refractivity contribution < 1.29 is 20.9 Å². The quantitative estimate of drug-likeness (QED) is 0.140. The summed E-state index contributed by atoms with van der Waals surface area (Å²) in [7, 11) is 0. The van der Waals surface area contributed by atoms with Gasteiger partial charge in [0.05, 0.1) is 0 Å². The normalized spacial score (nSPS) is 16.6. The van der Waals surface area contributed by atoms with Gasteiger partial charge in [-0.1, -0.05) is 0 Å². The van der Waals surface area contributed by atoms with Gasteiger partial charge in [-0.3, -0.25) is 0 Å². The molecule has 2 atom stereocenters. The molecule has 0 radical (unpaired) electrons. The Morgan fingerprint density at radius 2 is 0.529 bits per heavy atom. The maximum atomic E-state index is 2.76. The Bertz CT molecular complexity index is 2740. The van der Waals surface area contributed by atoms with Crippen LogP contribution in [0, 0.1) is 10.8 Å². The van der Waals surface area contributed by atoms with E-state index in [1.807, 2.05) is 0 Å². The number of hydrogen-bond acceptors (Lipinski definition) is 0. The van der Waals surface area contributed by atoms with Crippen LogP contribution in [0.3, 0.4) is 0 Å². The van der Waals surface area contributed by atoms with Gasteiger partial charge in [-0.05, 0) is 0 Å². The van der Waals surface area contributed by atoms with Gasteiger partial charge in [-0.2, -0.15) is 0 Å². The monoisotopic (exact) mass is 1020 g/mol. The number of hydrogen-bond donors (Lipinski definition) is 0. The second-order valence-corrected chi connectivity index (χ2v) is 47.6. The molecule has 0 amide bonds. The molecule has 0 spiro atoms. The molecule has 0 aliphatic heterocycles. The van der Waals surface area contributed by atoms with Gasteiger partial charge in [0, 0.05) is 0 Å². The van der Waals surface area contributed by atoms with Crippen molar-refractivity contribution in [1.82, 2.24) is 0 Å². The molecule has 0 N–H and O–H groups in total. The first-order chi connectivity index (χ1) is 32.4. The number of benzene rings is 6.